The Labute approximate surface area is 176 Å². The number of nitrogens with zero attached hydrogens (tertiary/aromatic N) is 2. The number of carbonyl (C=O) groups is 1. The lowest BCUT2D eigenvalue weighted by Crippen LogP contribution is -2.53. The maximum atomic E-state index is 12.1. The monoisotopic (exact) mass is 402 g/mol. The molecule has 1 heterocycles. The molecule has 0 bridgehead atoms. The van der Waals surface area contributed by atoms with Gasteiger partial charge in [0.2, 0.25) is 0 Å². The Morgan fingerprint density at radius 1 is 1.10 bits per heavy atom. The van der Waals surface area contributed by atoms with E-state index in [2.05, 4.69) is 40.1 Å². The maximum Gasteiger partial charge on any atom is 0.309 e. The molecule has 29 heavy (non-hydrogen) atoms. The van der Waals surface area contributed by atoms with Crippen LogP contribution in [-0.2, 0) is 16.0 Å². The van der Waals surface area contributed by atoms with E-state index in [1.165, 1.54) is 5.56 Å². The Kier molecular flexibility index (Phi) is 7.36. The van der Waals surface area contributed by atoms with Crippen molar-refractivity contribution in [3.63, 3.8) is 0 Å². The lowest BCUT2D eigenvalue weighted by Gasteiger charge is -2.44. The molecule has 2 fully saturated rings. The maximum absolute atomic E-state index is 12.1. The van der Waals surface area contributed by atoms with Gasteiger partial charge in [-0.15, -0.1) is 0 Å². The zero-order chi connectivity index (χ0) is 20.9. The molecule has 1 aliphatic heterocycles. The fourth-order valence-corrected chi connectivity index (χ4v) is 4.61. The van der Waals surface area contributed by atoms with E-state index in [4.69, 9.17) is 4.74 Å². The Hall–Kier alpha value is -1.43. The molecule has 1 saturated carbocycles. The number of piperazine rings is 1. The summed E-state index contributed by atoms with van der Waals surface area (Å²) >= 11 is 0. The Bertz CT molecular complexity index is 640. The quantitative estimate of drug-likeness (QED) is 0.741. The number of ether oxygens (including phenoxy) is 1. The molecule has 0 spiro atoms. The third-order valence-electron chi connectivity index (χ3n) is 6.26. The molecule has 0 aromatic heterocycles. The highest BCUT2D eigenvalue weighted by Crippen LogP contribution is 2.34. The topological polar surface area (TPSA) is 53.0 Å². The third-order valence-corrected chi connectivity index (χ3v) is 6.26. The van der Waals surface area contributed by atoms with Gasteiger partial charge in [-0.3, -0.25) is 9.69 Å². The van der Waals surface area contributed by atoms with Gasteiger partial charge in [-0.05, 0) is 58.4 Å². The van der Waals surface area contributed by atoms with Gasteiger partial charge in [-0.2, -0.15) is 0 Å². The predicted octanol–water partition coefficient (Wildman–Crippen LogP) is 3.25. The van der Waals surface area contributed by atoms with Crippen molar-refractivity contribution in [2.24, 2.45) is 0 Å². The fraction of sp³-hybridized carbons (Fsp3) is 0.708. The number of rotatable bonds is 6. The molecule has 3 rings (SSSR count). The van der Waals surface area contributed by atoms with E-state index in [0.717, 1.165) is 52.0 Å². The van der Waals surface area contributed by atoms with Crippen LogP contribution in [0.25, 0.3) is 0 Å². The second-order valence-corrected chi connectivity index (χ2v) is 9.83. The van der Waals surface area contributed by atoms with E-state index in [9.17, 15) is 9.90 Å². The van der Waals surface area contributed by atoms with Gasteiger partial charge in [0.25, 0.3) is 0 Å². The minimum absolute atomic E-state index is 0.115. The summed E-state index contributed by atoms with van der Waals surface area (Å²) in [4.78, 5) is 17.3. The molecule has 1 aliphatic carbocycles. The second kappa shape index (κ2) is 9.59. The molecule has 0 radical (unpaired) electrons. The smallest absolute Gasteiger partial charge is 0.309 e. The molecule has 0 atom stereocenters. The molecular weight excluding hydrogens is 364 g/mol. The number of hydrogen-bond acceptors (Lipinski definition) is 5. The molecule has 1 N–H and O–H groups in total. The van der Waals surface area contributed by atoms with Crippen molar-refractivity contribution in [2.75, 3.05) is 32.7 Å². The summed E-state index contributed by atoms with van der Waals surface area (Å²) in [5.41, 5.74) is 0.0211. The minimum Gasteiger partial charge on any atom is -0.460 e. The third kappa shape index (κ3) is 7.09. The van der Waals surface area contributed by atoms with Gasteiger partial charge in [-0.25, -0.2) is 0 Å². The van der Waals surface area contributed by atoms with Crippen LogP contribution in [0.1, 0.15) is 58.4 Å². The second-order valence-electron chi connectivity index (χ2n) is 9.83. The first kappa shape index (κ1) is 22.3. The molecule has 1 aromatic carbocycles. The summed E-state index contributed by atoms with van der Waals surface area (Å²) in [5.74, 6) is -0.287. The lowest BCUT2D eigenvalue weighted by molar-refractivity contribution is -0.162. The number of benzene rings is 1. The first-order valence-corrected chi connectivity index (χ1v) is 11.2. The fourth-order valence-electron chi connectivity index (χ4n) is 4.61. The zero-order valence-corrected chi connectivity index (χ0v) is 18.4. The van der Waals surface area contributed by atoms with Crippen LogP contribution in [-0.4, -0.2) is 70.8 Å². The van der Waals surface area contributed by atoms with Gasteiger partial charge in [-0.1, -0.05) is 30.3 Å². The SMILES string of the molecule is CC(C)(C)OC(=O)CC1(O)CCC(N2CCN(CCc3ccccc3)CC2)CC1. The van der Waals surface area contributed by atoms with Gasteiger partial charge < -0.3 is 14.7 Å². The molecule has 1 saturated heterocycles. The average molecular weight is 403 g/mol. The highest BCUT2D eigenvalue weighted by molar-refractivity contribution is 5.71. The van der Waals surface area contributed by atoms with Crippen molar-refractivity contribution >= 4 is 5.97 Å². The molecule has 5 nitrogen and oxygen atoms in total. The first-order valence-electron chi connectivity index (χ1n) is 11.2. The Morgan fingerprint density at radius 2 is 1.72 bits per heavy atom. The van der Waals surface area contributed by atoms with Gasteiger partial charge in [0, 0.05) is 38.8 Å². The standard InChI is InChI=1S/C24H38N2O3/c1-23(2,3)29-22(27)19-24(28)12-9-21(10-13-24)26-17-15-25(16-18-26)14-11-20-7-5-4-6-8-20/h4-8,21,28H,9-19H2,1-3H3. The average Bonchev–Trinajstić information content (AvgIpc) is 2.66. The summed E-state index contributed by atoms with van der Waals surface area (Å²) in [6.45, 7) is 11.2. The highest BCUT2D eigenvalue weighted by Gasteiger charge is 2.38. The van der Waals surface area contributed by atoms with Crippen LogP contribution >= 0.6 is 0 Å². The van der Waals surface area contributed by atoms with Crippen LogP contribution in [0.15, 0.2) is 30.3 Å². The van der Waals surface area contributed by atoms with Gasteiger partial charge in [0.1, 0.15) is 5.60 Å². The van der Waals surface area contributed by atoms with Crippen LogP contribution in [0.3, 0.4) is 0 Å². The minimum atomic E-state index is -0.893. The number of hydrogen-bond donors (Lipinski definition) is 1. The molecule has 5 heteroatoms. The summed E-state index contributed by atoms with van der Waals surface area (Å²) < 4.78 is 5.40. The molecule has 162 valence electrons. The van der Waals surface area contributed by atoms with Crippen LogP contribution in [0.2, 0.25) is 0 Å². The van der Waals surface area contributed by atoms with Gasteiger partial charge >= 0.3 is 5.97 Å². The van der Waals surface area contributed by atoms with Crippen LogP contribution in [0.4, 0.5) is 0 Å². The van der Waals surface area contributed by atoms with E-state index in [1.807, 2.05) is 20.8 Å². The summed E-state index contributed by atoms with van der Waals surface area (Å²) in [6.07, 6.45) is 4.52. The molecule has 0 amide bonds. The van der Waals surface area contributed by atoms with Crippen molar-refractivity contribution in [3.05, 3.63) is 35.9 Å². The largest absolute Gasteiger partial charge is 0.460 e. The van der Waals surface area contributed by atoms with E-state index >= 15 is 0 Å². The first-order chi connectivity index (χ1) is 13.7. The number of aliphatic hydroxyl groups is 1. The number of carbonyl (C=O) groups excluding carboxylic acids is 1. The highest BCUT2D eigenvalue weighted by atomic mass is 16.6. The van der Waals surface area contributed by atoms with E-state index in [1.54, 1.807) is 0 Å². The van der Waals surface area contributed by atoms with Gasteiger partial charge in [0.05, 0.1) is 12.0 Å². The normalized spacial score (nSPS) is 27.0. The van der Waals surface area contributed by atoms with E-state index in [-0.39, 0.29) is 12.4 Å². The molecule has 0 unspecified atom stereocenters. The summed E-state index contributed by atoms with van der Waals surface area (Å²) in [7, 11) is 0. The Balaban J connectivity index is 1.38. The number of esters is 1. The van der Waals surface area contributed by atoms with Crippen LogP contribution in [0, 0.1) is 0 Å². The van der Waals surface area contributed by atoms with Gasteiger partial charge in [0.15, 0.2) is 0 Å². The van der Waals surface area contributed by atoms with Crippen LogP contribution in [0.5, 0.6) is 0 Å². The van der Waals surface area contributed by atoms with Crippen molar-refractivity contribution in [2.45, 2.75) is 76.5 Å². The zero-order valence-electron chi connectivity index (χ0n) is 18.4. The van der Waals surface area contributed by atoms with E-state index < -0.39 is 11.2 Å². The summed E-state index contributed by atoms with van der Waals surface area (Å²) in [5, 5.41) is 10.8. The van der Waals surface area contributed by atoms with E-state index in [0.29, 0.717) is 18.9 Å². The molecule has 2 aliphatic rings. The molecular formula is C24H38N2O3. The summed E-state index contributed by atoms with van der Waals surface area (Å²) in [6, 6.07) is 11.2. The lowest BCUT2D eigenvalue weighted by atomic mass is 9.79. The Morgan fingerprint density at radius 3 is 2.31 bits per heavy atom. The van der Waals surface area contributed by atoms with Crippen molar-refractivity contribution < 1.29 is 14.6 Å². The molecule has 1 aromatic rings. The van der Waals surface area contributed by atoms with Crippen molar-refractivity contribution in [1.82, 2.24) is 9.80 Å². The predicted molar refractivity (Wildman–Crippen MR) is 116 cm³/mol. The van der Waals surface area contributed by atoms with Crippen molar-refractivity contribution in [1.29, 1.82) is 0 Å². The van der Waals surface area contributed by atoms with Crippen molar-refractivity contribution in [3.8, 4) is 0 Å². The van der Waals surface area contributed by atoms with Crippen LogP contribution < -0.4 is 0 Å².